The number of nitrogens with zero attached hydrogens (tertiary/aromatic N) is 6. The van der Waals surface area contributed by atoms with E-state index in [0.717, 1.165) is 37.7 Å². The minimum absolute atomic E-state index is 0.623. The zero-order valence-electron chi connectivity index (χ0n) is 12.5. The van der Waals surface area contributed by atoms with Gasteiger partial charge in [-0.2, -0.15) is 10.1 Å². The van der Waals surface area contributed by atoms with Crippen LogP contribution in [0.15, 0.2) is 36.5 Å². The van der Waals surface area contributed by atoms with E-state index >= 15 is 0 Å². The van der Waals surface area contributed by atoms with Crippen LogP contribution in [0.3, 0.4) is 0 Å². The molecule has 0 spiro atoms. The van der Waals surface area contributed by atoms with Crippen molar-refractivity contribution in [3.05, 3.63) is 36.5 Å². The summed E-state index contributed by atoms with van der Waals surface area (Å²) in [6, 6.07) is 10.1. The number of para-hydroxylation sites is 1. The molecule has 6 heteroatoms. The third-order valence-electron chi connectivity index (χ3n) is 3.81. The number of aromatic nitrogens is 3. The summed E-state index contributed by atoms with van der Waals surface area (Å²) >= 11 is 0. The van der Waals surface area contributed by atoms with Crippen LogP contribution in [0.5, 0.6) is 0 Å². The first-order chi connectivity index (χ1) is 10.2. The molecule has 1 fully saturated rings. The van der Waals surface area contributed by atoms with Crippen molar-refractivity contribution >= 4 is 17.5 Å². The molecule has 2 aromatic rings. The maximum Gasteiger partial charge on any atom is 0.251 e. The standard InChI is InChI=1S/C15H20N6/c1-19-8-10-21(11-9-19)14-12-16-18-15(17-14)20(2)13-6-4-3-5-7-13/h3-7,12H,8-11H2,1-2H3. The van der Waals surface area contributed by atoms with E-state index < -0.39 is 0 Å². The van der Waals surface area contributed by atoms with Crippen molar-refractivity contribution in [1.29, 1.82) is 0 Å². The molecule has 0 N–H and O–H groups in total. The fourth-order valence-electron chi connectivity index (χ4n) is 2.38. The van der Waals surface area contributed by atoms with Crippen LogP contribution in [-0.4, -0.2) is 60.4 Å². The summed E-state index contributed by atoms with van der Waals surface area (Å²) in [6.07, 6.45) is 1.74. The summed E-state index contributed by atoms with van der Waals surface area (Å²) in [7, 11) is 4.10. The highest BCUT2D eigenvalue weighted by Crippen LogP contribution is 2.21. The molecule has 0 aliphatic carbocycles. The fourth-order valence-corrected chi connectivity index (χ4v) is 2.38. The van der Waals surface area contributed by atoms with Crippen molar-refractivity contribution in [1.82, 2.24) is 20.1 Å². The molecule has 6 nitrogen and oxygen atoms in total. The lowest BCUT2D eigenvalue weighted by Crippen LogP contribution is -2.45. The predicted octanol–water partition coefficient (Wildman–Crippen LogP) is 1.39. The lowest BCUT2D eigenvalue weighted by Gasteiger charge is -2.33. The van der Waals surface area contributed by atoms with Crippen molar-refractivity contribution < 1.29 is 0 Å². The first-order valence-corrected chi connectivity index (χ1v) is 7.16. The minimum Gasteiger partial charge on any atom is -0.353 e. The Kier molecular flexibility index (Phi) is 3.96. The molecule has 110 valence electrons. The second kappa shape index (κ2) is 6.05. The number of hydrogen-bond donors (Lipinski definition) is 0. The smallest absolute Gasteiger partial charge is 0.251 e. The van der Waals surface area contributed by atoms with Crippen LogP contribution in [-0.2, 0) is 0 Å². The summed E-state index contributed by atoms with van der Waals surface area (Å²) < 4.78 is 0. The van der Waals surface area contributed by atoms with Gasteiger partial charge in [-0.05, 0) is 19.2 Å². The topological polar surface area (TPSA) is 48.4 Å². The molecule has 1 aromatic carbocycles. The third-order valence-corrected chi connectivity index (χ3v) is 3.81. The lowest BCUT2D eigenvalue weighted by atomic mass is 10.3. The molecule has 1 aromatic heterocycles. The van der Waals surface area contributed by atoms with E-state index in [0.29, 0.717) is 5.95 Å². The van der Waals surface area contributed by atoms with Gasteiger partial charge in [0, 0.05) is 38.9 Å². The van der Waals surface area contributed by atoms with Crippen molar-refractivity contribution in [2.45, 2.75) is 0 Å². The average molecular weight is 284 g/mol. The van der Waals surface area contributed by atoms with Crippen LogP contribution >= 0.6 is 0 Å². The van der Waals surface area contributed by atoms with Crippen molar-refractivity contribution in [2.75, 3.05) is 50.1 Å². The van der Waals surface area contributed by atoms with Gasteiger partial charge in [0.2, 0.25) is 0 Å². The Morgan fingerprint density at radius 1 is 1.05 bits per heavy atom. The molecule has 0 saturated carbocycles. The SMILES string of the molecule is CN1CCN(c2cnnc(N(C)c3ccccc3)n2)CC1. The number of rotatable bonds is 3. The van der Waals surface area contributed by atoms with Gasteiger partial charge in [0.15, 0.2) is 5.82 Å². The molecule has 2 heterocycles. The Labute approximate surface area is 125 Å². The molecular weight excluding hydrogens is 264 g/mol. The Morgan fingerprint density at radius 3 is 2.48 bits per heavy atom. The molecule has 0 bridgehead atoms. The van der Waals surface area contributed by atoms with Crippen LogP contribution in [0.25, 0.3) is 0 Å². The van der Waals surface area contributed by atoms with Gasteiger partial charge in [-0.3, -0.25) is 0 Å². The number of hydrogen-bond acceptors (Lipinski definition) is 6. The molecule has 0 amide bonds. The first kappa shape index (κ1) is 13.8. The number of anilines is 3. The number of likely N-dealkylation sites (N-methyl/N-ethyl adjacent to an activating group) is 1. The second-order valence-corrected chi connectivity index (χ2v) is 5.30. The monoisotopic (exact) mass is 284 g/mol. The zero-order valence-corrected chi connectivity index (χ0v) is 12.5. The molecule has 0 atom stereocenters. The molecule has 1 aliphatic rings. The van der Waals surface area contributed by atoms with Crippen LogP contribution in [0.4, 0.5) is 17.5 Å². The highest BCUT2D eigenvalue weighted by atomic mass is 15.4. The average Bonchev–Trinajstić information content (AvgIpc) is 2.56. The van der Waals surface area contributed by atoms with E-state index in [-0.39, 0.29) is 0 Å². The molecule has 0 radical (unpaired) electrons. The summed E-state index contributed by atoms with van der Waals surface area (Å²) in [4.78, 5) is 11.2. The highest BCUT2D eigenvalue weighted by molar-refractivity contribution is 5.56. The molecule has 3 rings (SSSR count). The second-order valence-electron chi connectivity index (χ2n) is 5.30. The van der Waals surface area contributed by atoms with E-state index in [1.54, 1.807) is 6.20 Å². The van der Waals surface area contributed by atoms with Gasteiger partial charge in [0.1, 0.15) is 0 Å². The van der Waals surface area contributed by atoms with Gasteiger partial charge >= 0.3 is 0 Å². The Hall–Kier alpha value is -2.21. The fraction of sp³-hybridized carbons (Fsp3) is 0.400. The lowest BCUT2D eigenvalue weighted by molar-refractivity contribution is 0.312. The van der Waals surface area contributed by atoms with Gasteiger partial charge in [0.25, 0.3) is 5.95 Å². The Bertz CT molecular complexity index is 580. The van der Waals surface area contributed by atoms with Crippen molar-refractivity contribution in [3.8, 4) is 0 Å². The van der Waals surface area contributed by atoms with Crippen molar-refractivity contribution in [3.63, 3.8) is 0 Å². The third kappa shape index (κ3) is 3.11. The van der Waals surface area contributed by atoms with Gasteiger partial charge in [-0.25, -0.2) is 0 Å². The number of piperazine rings is 1. The molecule has 1 saturated heterocycles. The van der Waals surface area contributed by atoms with Crippen molar-refractivity contribution in [2.24, 2.45) is 0 Å². The first-order valence-electron chi connectivity index (χ1n) is 7.16. The normalized spacial score (nSPS) is 16.0. The van der Waals surface area contributed by atoms with Gasteiger partial charge in [-0.15, -0.1) is 5.10 Å². The largest absolute Gasteiger partial charge is 0.353 e. The summed E-state index contributed by atoms with van der Waals surface area (Å²) in [5.74, 6) is 1.52. The van der Waals surface area contributed by atoms with E-state index in [2.05, 4.69) is 32.0 Å². The van der Waals surface area contributed by atoms with E-state index in [4.69, 9.17) is 0 Å². The summed E-state index contributed by atoms with van der Waals surface area (Å²) in [6.45, 7) is 4.05. The van der Waals surface area contributed by atoms with Crippen LogP contribution < -0.4 is 9.80 Å². The quantitative estimate of drug-likeness (QED) is 0.849. The van der Waals surface area contributed by atoms with Crippen LogP contribution in [0.1, 0.15) is 0 Å². The molecular formula is C15H20N6. The zero-order chi connectivity index (χ0) is 14.7. The summed E-state index contributed by atoms with van der Waals surface area (Å²) in [5.41, 5.74) is 1.05. The van der Waals surface area contributed by atoms with E-state index in [9.17, 15) is 0 Å². The predicted molar refractivity (Wildman–Crippen MR) is 84.0 cm³/mol. The van der Waals surface area contributed by atoms with Crippen LogP contribution in [0, 0.1) is 0 Å². The van der Waals surface area contributed by atoms with Crippen LogP contribution in [0.2, 0.25) is 0 Å². The minimum atomic E-state index is 0.623. The Morgan fingerprint density at radius 2 is 1.76 bits per heavy atom. The maximum absolute atomic E-state index is 4.66. The molecule has 0 unspecified atom stereocenters. The molecule has 1 aliphatic heterocycles. The van der Waals surface area contributed by atoms with Gasteiger partial charge in [0.05, 0.1) is 6.20 Å². The van der Waals surface area contributed by atoms with E-state index in [1.807, 2.05) is 42.3 Å². The van der Waals surface area contributed by atoms with E-state index in [1.165, 1.54) is 0 Å². The maximum atomic E-state index is 4.66. The highest BCUT2D eigenvalue weighted by Gasteiger charge is 2.17. The van der Waals surface area contributed by atoms with Gasteiger partial charge < -0.3 is 14.7 Å². The Balaban J connectivity index is 1.80. The number of benzene rings is 1. The summed E-state index contributed by atoms with van der Waals surface area (Å²) in [5, 5.41) is 8.27. The van der Waals surface area contributed by atoms with Gasteiger partial charge in [-0.1, -0.05) is 18.2 Å². The molecule has 21 heavy (non-hydrogen) atoms.